The minimum Gasteiger partial charge on any atom is -0.477 e. The summed E-state index contributed by atoms with van der Waals surface area (Å²) in [4.78, 5) is 21.5. The summed E-state index contributed by atoms with van der Waals surface area (Å²) in [6.07, 6.45) is -10.8. The Labute approximate surface area is 202 Å². The molecule has 12 N–H and O–H groups in total. The van der Waals surface area contributed by atoms with E-state index in [0.717, 1.165) is 12.8 Å². The topological polar surface area (TPSA) is 281 Å². The average Bonchev–Trinajstić information content (AvgIpc) is 2.85. The fraction of sp³-hybridized carbons (Fsp3) is 0.900. The molecule has 0 radical (unpaired) electrons. The summed E-state index contributed by atoms with van der Waals surface area (Å²) in [6, 6.07) is -1.13. The molecule has 1 saturated heterocycles. The SMILES string of the molecule is CCCCCOC1(C(=O)O)C[C@H](O)[C@@H](N)[C@H](C(O)C(O)CO)O1.O=CC(O)C(O)C(O)C(O)CO. The zero-order chi connectivity index (χ0) is 27.3. The summed E-state index contributed by atoms with van der Waals surface area (Å²) in [5.41, 5.74) is 5.74. The van der Waals surface area contributed by atoms with Gasteiger partial charge >= 0.3 is 5.97 Å². The summed E-state index contributed by atoms with van der Waals surface area (Å²) in [5.74, 6) is -3.60. The predicted molar refractivity (Wildman–Crippen MR) is 116 cm³/mol. The molecule has 1 fully saturated rings. The fourth-order valence-electron chi connectivity index (χ4n) is 3.10. The van der Waals surface area contributed by atoms with Crippen LogP contribution < -0.4 is 5.73 Å². The number of carboxylic acids is 1. The summed E-state index contributed by atoms with van der Waals surface area (Å²) < 4.78 is 10.7. The van der Waals surface area contributed by atoms with E-state index < -0.39 is 86.3 Å². The Morgan fingerprint density at radius 2 is 1.66 bits per heavy atom. The van der Waals surface area contributed by atoms with Crippen molar-refractivity contribution in [1.29, 1.82) is 0 Å². The summed E-state index contributed by atoms with van der Waals surface area (Å²) >= 11 is 0. The zero-order valence-corrected chi connectivity index (χ0v) is 19.4. The molecule has 0 bridgehead atoms. The van der Waals surface area contributed by atoms with E-state index in [1.807, 2.05) is 6.92 Å². The van der Waals surface area contributed by atoms with Crippen molar-refractivity contribution < 1.29 is 70.1 Å². The van der Waals surface area contributed by atoms with Crippen LogP contribution in [0.3, 0.4) is 0 Å². The van der Waals surface area contributed by atoms with Crippen LogP contribution in [0.5, 0.6) is 0 Å². The smallest absolute Gasteiger partial charge is 0.364 e. The first-order chi connectivity index (χ1) is 16.3. The lowest BCUT2D eigenvalue weighted by Gasteiger charge is -2.45. The first kappa shape index (κ1) is 33.7. The average molecular weight is 518 g/mol. The van der Waals surface area contributed by atoms with Gasteiger partial charge in [-0.25, -0.2) is 4.79 Å². The lowest BCUT2D eigenvalue weighted by Crippen LogP contribution is -2.66. The Bertz CT molecular complexity index is 612. The third kappa shape index (κ3) is 9.91. The Balaban J connectivity index is 0.000000814. The van der Waals surface area contributed by atoms with Gasteiger partial charge in [0, 0.05) is 6.42 Å². The van der Waals surface area contributed by atoms with Crippen molar-refractivity contribution in [2.24, 2.45) is 5.73 Å². The molecule has 15 nitrogen and oxygen atoms in total. The number of aliphatic hydroxyl groups is 9. The Hall–Kier alpha value is -1.34. The molecule has 0 amide bonds. The lowest BCUT2D eigenvalue weighted by atomic mass is 9.89. The maximum atomic E-state index is 11.6. The predicted octanol–water partition coefficient (Wildman–Crippen LogP) is -5.21. The second-order valence-corrected chi connectivity index (χ2v) is 8.14. The number of aliphatic carboxylic acids is 1. The van der Waals surface area contributed by atoms with E-state index in [9.17, 15) is 30.0 Å². The second kappa shape index (κ2) is 16.4. The maximum absolute atomic E-state index is 11.6. The number of carbonyl (C=O) groups excluding carboxylic acids is 1. The molecule has 1 aliphatic heterocycles. The number of carbonyl (C=O) groups is 2. The van der Waals surface area contributed by atoms with Gasteiger partial charge in [-0.2, -0.15) is 0 Å². The molecule has 0 aromatic rings. The molecule has 208 valence electrons. The standard InChI is InChI=1S/C14H27NO8.C6H12O6/c1-2-3-4-5-22-14(13(20)21)6-8(17)10(15)12(23-14)11(19)9(18)7-16;7-1-3(9)5(11)6(12)4(10)2-8/h8-12,16-19H,2-7,15H2,1H3,(H,20,21);1,3-6,8-12H,2H2/t8-,9?,10+,11?,12+,14?;/m0./s1. The summed E-state index contributed by atoms with van der Waals surface area (Å²) in [6.45, 7) is 0.564. The van der Waals surface area contributed by atoms with Gasteiger partial charge in [-0.3, -0.25) is 0 Å². The highest BCUT2D eigenvalue weighted by Gasteiger charge is 2.54. The van der Waals surface area contributed by atoms with Gasteiger partial charge in [-0.05, 0) is 6.42 Å². The highest BCUT2D eigenvalue weighted by atomic mass is 16.7. The summed E-state index contributed by atoms with van der Waals surface area (Å²) in [5, 5.41) is 91.4. The van der Waals surface area contributed by atoms with Crippen molar-refractivity contribution in [3.63, 3.8) is 0 Å². The van der Waals surface area contributed by atoms with Crippen LogP contribution in [0.1, 0.15) is 32.6 Å². The van der Waals surface area contributed by atoms with Crippen molar-refractivity contribution in [2.45, 2.75) is 93.3 Å². The molecule has 1 heterocycles. The first-order valence-electron chi connectivity index (χ1n) is 11.1. The highest BCUT2D eigenvalue weighted by molar-refractivity contribution is 5.76. The van der Waals surface area contributed by atoms with E-state index in [4.69, 9.17) is 45.8 Å². The van der Waals surface area contributed by atoms with Crippen LogP contribution in [0.15, 0.2) is 0 Å². The molecule has 10 atom stereocenters. The van der Waals surface area contributed by atoms with E-state index >= 15 is 0 Å². The van der Waals surface area contributed by atoms with E-state index in [1.54, 1.807) is 0 Å². The van der Waals surface area contributed by atoms with Crippen LogP contribution in [0.2, 0.25) is 0 Å². The van der Waals surface area contributed by atoms with E-state index in [0.29, 0.717) is 6.42 Å². The Kier molecular flexibility index (Phi) is 15.8. The maximum Gasteiger partial charge on any atom is 0.364 e. The third-order valence-corrected chi connectivity index (χ3v) is 5.38. The molecule has 15 heteroatoms. The molecule has 0 saturated carbocycles. The monoisotopic (exact) mass is 517 g/mol. The third-order valence-electron chi connectivity index (χ3n) is 5.38. The zero-order valence-electron chi connectivity index (χ0n) is 19.4. The van der Waals surface area contributed by atoms with Gasteiger partial charge in [0.1, 0.15) is 42.7 Å². The molecule has 0 aromatic carbocycles. The number of nitrogens with two attached hydrogens (primary N) is 1. The molecule has 0 aromatic heterocycles. The lowest BCUT2D eigenvalue weighted by molar-refractivity contribution is -0.309. The number of ether oxygens (including phenoxy) is 2. The van der Waals surface area contributed by atoms with Crippen LogP contribution in [0, 0.1) is 0 Å². The first-order valence-corrected chi connectivity index (χ1v) is 11.1. The normalized spacial score (nSPS) is 29.6. The van der Waals surface area contributed by atoms with E-state index in [2.05, 4.69) is 0 Å². The molecule has 0 spiro atoms. The van der Waals surface area contributed by atoms with Crippen molar-refractivity contribution in [3.8, 4) is 0 Å². The quantitative estimate of drug-likeness (QED) is 0.0758. The van der Waals surface area contributed by atoms with Gasteiger partial charge in [0.05, 0.1) is 32.0 Å². The number of carboxylic acid groups (broad SMARTS) is 1. The van der Waals surface area contributed by atoms with Crippen LogP contribution in [0.4, 0.5) is 0 Å². The number of aliphatic hydroxyl groups excluding tert-OH is 9. The Morgan fingerprint density at radius 1 is 1.09 bits per heavy atom. The number of aldehydes is 1. The molecule has 35 heavy (non-hydrogen) atoms. The van der Waals surface area contributed by atoms with Crippen LogP contribution in [-0.4, -0.2) is 144 Å². The van der Waals surface area contributed by atoms with Crippen molar-refractivity contribution in [2.75, 3.05) is 19.8 Å². The van der Waals surface area contributed by atoms with Crippen molar-refractivity contribution in [3.05, 3.63) is 0 Å². The van der Waals surface area contributed by atoms with Gasteiger partial charge < -0.3 is 71.1 Å². The molecular weight excluding hydrogens is 478 g/mol. The molecule has 0 aliphatic carbocycles. The largest absolute Gasteiger partial charge is 0.477 e. The van der Waals surface area contributed by atoms with Gasteiger partial charge in [-0.1, -0.05) is 19.8 Å². The van der Waals surface area contributed by atoms with E-state index in [1.165, 1.54) is 0 Å². The van der Waals surface area contributed by atoms with Gasteiger partial charge in [0.2, 0.25) is 0 Å². The van der Waals surface area contributed by atoms with Crippen molar-refractivity contribution >= 4 is 12.3 Å². The van der Waals surface area contributed by atoms with Crippen molar-refractivity contribution in [1.82, 2.24) is 0 Å². The number of hydrogen-bond donors (Lipinski definition) is 11. The van der Waals surface area contributed by atoms with E-state index in [-0.39, 0.29) is 12.9 Å². The summed E-state index contributed by atoms with van der Waals surface area (Å²) in [7, 11) is 0. The van der Waals surface area contributed by atoms with Gasteiger partial charge in [-0.15, -0.1) is 0 Å². The number of unbranched alkanes of at least 4 members (excludes halogenated alkanes) is 2. The Morgan fingerprint density at radius 3 is 2.11 bits per heavy atom. The van der Waals surface area contributed by atoms with Crippen LogP contribution in [-0.2, 0) is 19.1 Å². The number of hydrogen-bond acceptors (Lipinski definition) is 14. The van der Waals surface area contributed by atoms with Crippen LogP contribution >= 0.6 is 0 Å². The fourth-order valence-corrected chi connectivity index (χ4v) is 3.10. The molecule has 1 rings (SSSR count). The van der Waals surface area contributed by atoms with Crippen LogP contribution in [0.25, 0.3) is 0 Å². The molecular formula is C20H39NO14. The number of rotatable bonds is 14. The molecule has 7 unspecified atom stereocenters. The highest BCUT2D eigenvalue weighted by Crippen LogP contribution is 2.32. The molecule has 1 aliphatic rings. The minimum absolute atomic E-state index is 0.0258. The minimum atomic E-state index is -2.15. The second-order valence-electron chi connectivity index (χ2n) is 8.14. The van der Waals surface area contributed by atoms with Gasteiger partial charge in [0.15, 0.2) is 6.29 Å². The van der Waals surface area contributed by atoms with Gasteiger partial charge in [0.25, 0.3) is 5.79 Å².